The van der Waals surface area contributed by atoms with Gasteiger partial charge >= 0.3 is 0 Å². The van der Waals surface area contributed by atoms with Crippen molar-refractivity contribution in [1.29, 1.82) is 0 Å². The van der Waals surface area contributed by atoms with Gasteiger partial charge in [0, 0.05) is 20.3 Å². The normalized spacial score (nSPS) is 11.0. The monoisotopic (exact) mass is 392 g/mol. The van der Waals surface area contributed by atoms with Gasteiger partial charge < -0.3 is 0 Å². The van der Waals surface area contributed by atoms with E-state index >= 15 is 0 Å². The van der Waals surface area contributed by atoms with Crippen molar-refractivity contribution < 1.29 is 4.79 Å². The third-order valence-corrected chi connectivity index (χ3v) is 5.92. The van der Waals surface area contributed by atoms with E-state index in [4.69, 9.17) is 0 Å². The zero-order chi connectivity index (χ0) is 15.5. The molecule has 2 heterocycles. The number of fused-ring (bicyclic) bond motifs is 1. The van der Waals surface area contributed by atoms with E-state index in [-0.39, 0.29) is 5.78 Å². The summed E-state index contributed by atoms with van der Waals surface area (Å²) < 4.78 is 0.972. The van der Waals surface area contributed by atoms with E-state index in [9.17, 15) is 4.79 Å². The topological polar surface area (TPSA) is 42.9 Å². The van der Waals surface area contributed by atoms with Crippen LogP contribution in [0.25, 0.3) is 10.2 Å². The molecule has 0 atom stereocenters. The van der Waals surface area contributed by atoms with Crippen molar-refractivity contribution in [2.24, 2.45) is 0 Å². The van der Waals surface area contributed by atoms with Crippen molar-refractivity contribution in [3.63, 3.8) is 0 Å². The quantitative estimate of drug-likeness (QED) is 0.348. The lowest BCUT2D eigenvalue weighted by atomic mass is 10.2. The summed E-state index contributed by atoms with van der Waals surface area (Å²) in [5.74, 6) is 0.487. The Morgan fingerprint density at radius 1 is 1.27 bits per heavy atom. The number of ketones is 1. The minimum Gasteiger partial charge on any atom is -0.293 e. The van der Waals surface area contributed by atoms with Crippen LogP contribution in [0.5, 0.6) is 0 Å². The summed E-state index contributed by atoms with van der Waals surface area (Å²) in [6.45, 7) is 2.13. The molecule has 0 saturated carbocycles. The lowest BCUT2D eigenvalue weighted by molar-refractivity contribution is 0.102. The van der Waals surface area contributed by atoms with E-state index in [1.165, 1.54) is 16.6 Å². The Kier molecular flexibility index (Phi) is 4.90. The number of nitrogens with zero attached hydrogens (tertiary/aromatic N) is 2. The van der Waals surface area contributed by atoms with Gasteiger partial charge in [-0.25, -0.2) is 9.97 Å². The number of benzene rings is 1. The molecule has 3 nitrogen and oxygen atoms in total. The number of Topliss-reactive ketones (excluding diaryl/α,β-unsaturated/α-hetero) is 1. The molecule has 3 rings (SSSR count). The average Bonchev–Trinajstić information content (AvgIpc) is 2.97. The molecule has 6 heteroatoms. The summed E-state index contributed by atoms with van der Waals surface area (Å²) in [5.41, 5.74) is 0.723. The molecule has 112 valence electrons. The molecule has 0 saturated heterocycles. The first-order valence-corrected chi connectivity index (χ1v) is 9.42. The Morgan fingerprint density at radius 2 is 2.05 bits per heavy atom. The van der Waals surface area contributed by atoms with Gasteiger partial charge in [-0.2, -0.15) is 0 Å². The van der Waals surface area contributed by atoms with Gasteiger partial charge in [-0.1, -0.05) is 46.7 Å². The van der Waals surface area contributed by atoms with Gasteiger partial charge in [-0.3, -0.25) is 4.79 Å². The number of thiophene rings is 1. The van der Waals surface area contributed by atoms with Crippen LogP contribution >= 0.6 is 39.0 Å². The van der Waals surface area contributed by atoms with E-state index in [1.54, 1.807) is 17.7 Å². The molecule has 0 spiro atoms. The summed E-state index contributed by atoms with van der Waals surface area (Å²) in [6, 6.07) is 9.57. The second kappa shape index (κ2) is 6.89. The number of aryl methyl sites for hydroxylation is 1. The maximum atomic E-state index is 12.2. The smallest absolute Gasteiger partial charge is 0.173 e. The van der Waals surface area contributed by atoms with Crippen molar-refractivity contribution in [1.82, 2.24) is 9.97 Å². The minimum absolute atomic E-state index is 0.107. The van der Waals surface area contributed by atoms with Crippen LogP contribution in [0.15, 0.2) is 46.2 Å². The highest BCUT2D eigenvalue weighted by atomic mass is 79.9. The van der Waals surface area contributed by atoms with Crippen LogP contribution in [0.1, 0.15) is 22.2 Å². The lowest BCUT2D eigenvalue weighted by Crippen LogP contribution is -2.02. The van der Waals surface area contributed by atoms with Crippen molar-refractivity contribution in [3.8, 4) is 0 Å². The number of carbonyl (C=O) groups is 1. The van der Waals surface area contributed by atoms with Crippen LogP contribution in [-0.2, 0) is 6.42 Å². The molecule has 22 heavy (non-hydrogen) atoms. The SMILES string of the molecule is CCc1cc2c(SCC(=O)c3ccc(Br)cc3)ncnc2s1. The molecule has 0 amide bonds. The Bertz CT molecular complexity index is 815. The van der Waals surface area contributed by atoms with Gasteiger partial charge in [-0.15, -0.1) is 11.3 Å². The van der Waals surface area contributed by atoms with Gasteiger partial charge in [0.2, 0.25) is 0 Å². The summed E-state index contributed by atoms with van der Waals surface area (Å²) in [7, 11) is 0. The molecule has 0 aliphatic heterocycles. The molecule has 0 bridgehead atoms. The van der Waals surface area contributed by atoms with Crippen LogP contribution in [-0.4, -0.2) is 21.5 Å². The van der Waals surface area contributed by atoms with Crippen molar-refractivity contribution in [3.05, 3.63) is 51.6 Å². The Morgan fingerprint density at radius 3 is 2.77 bits per heavy atom. The number of hydrogen-bond donors (Lipinski definition) is 0. The largest absolute Gasteiger partial charge is 0.293 e. The van der Waals surface area contributed by atoms with Crippen LogP contribution < -0.4 is 0 Å². The predicted octanol–water partition coefficient (Wildman–Crippen LogP) is 4.99. The molecule has 3 aromatic rings. The maximum absolute atomic E-state index is 12.2. The Balaban J connectivity index is 1.77. The van der Waals surface area contributed by atoms with Gasteiger partial charge in [0.05, 0.1) is 5.75 Å². The number of hydrogen-bond acceptors (Lipinski definition) is 5. The molecule has 0 radical (unpaired) electrons. The van der Waals surface area contributed by atoms with E-state index in [2.05, 4.69) is 38.9 Å². The maximum Gasteiger partial charge on any atom is 0.173 e. The zero-order valence-corrected chi connectivity index (χ0v) is 15.1. The molecule has 0 unspecified atom stereocenters. The molecule has 2 aromatic heterocycles. The fourth-order valence-electron chi connectivity index (χ4n) is 2.03. The number of carbonyl (C=O) groups excluding carboxylic acids is 1. The first-order chi connectivity index (χ1) is 10.7. The molecule has 1 aromatic carbocycles. The lowest BCUT2D eigenvalue weighted by Gasteiger charge is -2.02. The van der Waals surface area contributed by atoms with Crippen LogP contribution in [0.2, 0.25) is 0 Å². The highest BCUT2D eigenvalue weighted by molar-refractivity contribution is 9.10. The third kappa shape index (κ3) is 3.39. The first kappa shape index (κ1) is 15.6. The van der Waals surface area contributed by atoms with E-state index < -0.39 is 0 Å². The van der Waals surface area contributed by atoms with Crippen molar-refractivity contribution in [2.45, 2.75) is 18.4 Å². The standard InChI is InChI=1S/C16H13BrN2OS2/c1-2-12-7-13-15(18-9-19-16(13)22-12)21-8-14(20)10-3-5-11(17)6-4-10/h3-7,9H,2,8H2,1H3. The highest BCUT2D eigenvalue weighted by Gasteiger charge is 2.11. The summed E-state index contributed by atoms with van der Waals surface area (Å²) in [5, 5.41) is 1.93. The van der Waals surface area contributed by atoms with Crippen LogP contribution in [0.3, 0.4) is 0 Å². The highest BCUT2D eigenvalue weighted by Crippen LogP contribution is 2.31. The minimum atomic E-state index is 0.107. The molecular formula is C16H13BrN2OS2. The summed E-state index contributed by atoms with van der Waals surface area (Å²) >= 11 is 6.54. The predicted molar refractivity (Wildman–Crippen MR) is 96.0 cm³/mol. The first-order valence-electron chi connectivity index (χ1n) is 6.82. The van der Waals surface area contributed by atoms with Gasteiger partial charge in [0.25, 0.3) is 0 Å². The van der Waals surface area contributed by atoms with Crippen molar-refractivity contribution in [2.75, 3.05) is 5.75 Å². The number of rotatable bonds is 5. The van der Waals surface area contributed by atoms with E-state index in [1.807, 2.05) is 24.3 Å². The second-order valence-electron chi connectivity index (χ2n) is 4.68. The Labute approximate surface area is 145 Å². The van der Waals surface area contributed by atoms with E-state index in [0.29, 0.717) is 5.75 Å². The summed E-state index contributed by atoms with van der Waals surface area (Å²) in [6.07, 6.45) is 2.56. The Hall–Kier alpha value is -1.24. The van der Waals surface area contributed by atoms with E-state index in [0.717, 1.165) is 31.7 Å². The summed E-state index contributed by atoms with van der Waals surface area (Å²) in [4.78, 5) is 23.2. The molecule has 0 aliphatic rings. The molecule has 0 N–H and O–H groups in total. The van der Waals surface area contributed by atoms with Gasteiger partial charge in [-0.05, 0) is 24.6 Å². The van der Waals surface area contributed by atoms with Gasteiger partial charge in [0.1, 0.15) is 16.2 Å². The molecular weight excluding hydrogens is 380 g/mol. The zero-order valence-electron chi connectivity index (χ0n) is 11.9. The molecule has 0 fully saturated rings. The average molecular weight is 393 g/mol. The molecule has 0 aliphatic carbocycles. The van der Waals surface area contributed by atoms with Crippen molar-refractivity contribution >= 4 is 55.0 Å². The fourth-order valence-corrected chi connectivity index (χ4v) is 4.16. The number of aromatic nitrogens is 2. The van der Waals surface area contributed by atoms with Crippen LogP contribution in [0, 0.1) is 0 Å². The second-order valence-corrected chi connectivity index (χ2v) is 7.68. The third-order valence-electron chi connectivity index (χ3n) is 3.20. The van der Waals surface area contributed by atoms with Crippen LogP contribution in [0.4, 0.5) is 0 Å². The number of thioether (sulfide) groups is 1. The van der Waals surface area contributed by atoms with Gasteiger partial charge in [0.15, 0.2) is 5.78 Å². The fraction of sp³-hybridized carbons (Fsp3) is 0.188. The number of halogens is 1.